The molecule has 3 aromatic rings. The van der Waals surface area contributed by atoms with Crippen LogP contribution in [0.4, 0.5) is 13.2 Å². The summed E-state index contributed by atoms with van der Waals surface area (Å²) < 4.78 is 40.6. The SMILES string of the molecule is Fc1[c]cc2c(F)cc3c[c]ccc3c2c1F. The van der Waals surface area contributed by atoms with Crippen LogP contribution >= 0.6 is 0 Å². The third kappa shape index (κ3) is 1.39. The Morgan fingerprint density at radius 1 is 1.00 bits per heavy atom. The van der Waals surface area contributed by atoms with Gasteiger partial charge in [0.1, 0.15) is 5.82 Å². The highest BCUT2D eigenvalue weighted by molar-refractivity contribution is 6.07. The van der Waals surface area contributed by atoms with Gasteiger partial charge < -0.3 is 0 Å². The molecule has 0 bridgehead atoms. The lowest BCUT2D eigenvalue weighted by molar-refractivity contribution is 0.515. The van der Waals surface area contributed by atoms with E-state index in [1.807, 2.05) is 0 Å². The van der Waals surface area contributed by atoms with Crippen molar-refractivity contribution < 1.29 is 13.2 Å². The van der Waals surface area contributed by atoms with E-state index in [1.165, 1.54) is 12.1 Å². The summed E-state index contributed by atoms with van der Waals surface area (Å²) in [6.07, 6.45) is 0. The van der Waals surface area contributed by atoms with Crippen molar-refractivity contribution in [1.29, 1.82) is 0 Å². The smallest absolute Gasteiger partial charge is 0.168 e. The minimum absolute atomic E-state index is 0.0302. The molecule has 17 heavy (non-hydrogen) atoms. The molecule has 0 aromatic heterocycles. The second kappa shape index (κ2) is 3.48. The monoisotopic (exact) mass is 230 g/mol. The molecule has 0 spiro atoms. The van der Waals surface area contributed by atoms with Gasteiger partial charge in [0.2, 0.25) is 0 Å². The first-order valence-electron chi connectivity index (χ1n) is 4.96. The number of hydrogen-bond acceptors (Lipinski definition) is 0. The van der Waals surface area contributed by atoms with Gasteiger partial charge in [0, 0.05) is 16.8 Å². The zero-order chi connectivity index (χ0) is 12.0. The van der Waals surface area contributed by atoms with Crippen molar-refractivity contribution in [3.63, 3.8) is 0 Å². The molecule has 3 aromatic carbocycles. The van der Waals surface area contributed by atoms with Crippen LogP contribution in [0, 0.1) is 29.6 Å². The van der Waals surface area contributed by atoms with Crippen molar-refractivity contribution in [2.45, 2.75) is 0 Å². The Morgan fingerprint density at radius 2 is 1.82 bits per heavy atom. The van der Waals surface area contributed by atoms with E-state index >= 15 is 0 Å². The number of halogens is 3. The molecule has 0 saturated heterocycles. The van der Waals surface area contributed by atoms with E-state index < -0.39 is 17.5 Å². The van der Waals surface area contributed by atoms with Gasteiger partial charge in [-0.1, -0.05) is 12.1 Å². The van der Waals surface area contributed by atoms with E-state index in [2.05, 4.69) is 12.1 Å². The average molecular weight is 230 g/mol. The third-order valence-electron chi connectivity index (χ3n) is 2.73. The molecule has 2 radical (unpaired) electrons. The Kier molecular flexibility index (Phi) is 2.08. The van der Waals surface area contributed by atoms with Crippen LogP contribution < -0.4 is 0 Å². The Morgan fingerprint density at radius 3 is 2.65 bits per heavy atom. The maximum absolute atomic E-state index is 13.7. The predicted molar refractivity (Wildman–Crippen MR) is 59.0 cm³/mol. The molecule has 0 aliphatic heterocycles. The highest BCUT2D eigenvalue weighted by Crippen LogP contribution is 2.30. The maximum atomic E-state index is 13.7. The fourth-order valence-corrected chi connectivity index (χ4v) is 1.96. The first-order chi connectivity index (χ1) is 8.18. The largest absolute Gasteiger partial charge is 0.206 e. The summed E-state index contributed by atoms with van der Waals surface area (Å²) in [4.78, 5) is 0. The molecule has 0 fully saturated rings. The van der Waals surface area contributed by atoms with Crippen LogP contribution in [0.2, 0.25) is 0 Å². The van der Waals surface area contributed by atoms with Crippen molar-refractivity contribution in [3.05, 3.63) is 59.9 Å². The molecule has 0 amide bonds. The topological polar surface area (TPSA) is 0 Å². The first kappa shape index (κ1) is 10.1. The van der Waals surface area contributed by atoms with E-state index in [9.17, 15) is 13.2 Å². The quantitative estimate of drug-likeness (QED) is 0.512. The number of benzene rings is 3. The lowest BCUT2D eigenvalue weighted by Crippen LogP contribution is -1.91. The zero-order valence-electron chi connectivity index (χ0n) is 8.52. The van der Waals surface area contributed by atoms with Gasteiger partial charge in [0.05, 0.1) is 0 Å². The minimum atomic E-state index is -1.10. The molecule has 3 heteroatoms. The molecule has 82 valence electrons. The van der Waals surface area contributed by atoms with Gasteiger partial charge >= 0.3 is 0 Å². The summed E-state index contributed by atoms with van der Waals surface area (Å²) in [5.74, 6) is -2.77. The van der Waals surface area contributed by atoms with Crippen molar-refractivity contribution in [2.24, 2.45) is 0 Å². The first-order valence-corrected chi connectivity index (χ1v) is 4.96. The van der Waals surface area contributed by atoms with Crippen LogP contribution in [-0.4, -0.2) is 0 Å². The van der Waals surface area contributed by atoms with Gasteiger partial charge in [-0.15, -0.1) is 0 Å². The van der Waals surface area contributed by atoms with Gasteiger partial charge in [0.25, 0.3) is 0 Å². The van der Waals surface area contributed by atoms with E-state index in [0.717, 1.165) is 6.07 Å². The lowest BCUT2D eigenvalue weighted by atomic mass is 10.0. The number of rotatable bonds is 0. The van der Waals surface area contributed by atoms with E-state index in [0.29, 0.717) is 10.8 Å². The number of fused-ring (bicyclic) bond motifs is 3. The van der Waals surface area contributed by atoms with Crippen LogP contribution in [0.1, 0.15) is 0 Å². The maximum Gasteiger partial charge on any atom is 0.168 e. The lowest BCUT2D eigenvalue weighted by Gasteiger charge is -2.06. The Bertz CT molecular complexity index is 732. The second-order valence-corrected chi connectivity index (χ2v) is 3.71. The highest BCUT2D eigenvalue weighted by Gasteiger charge is 2.13. The molecule has 0 heterocycles. The van der Waals surface area contributed by atoms with E-state index in [1.54, 1.807) is 12.1 Å². The van der Waals surface area contributed by atoms with Gasteiger partial charge in [0.15, 0.2) is 11.6 Å². The molecule has 3 rings (SSSR count). The Hall–Kier alpha value is -2.03. The molecule has 0 aliphatic carbocycles. The Balaban J connectivity index is 2.67. The molecule has 0 saturated carbocycles. The summed E-state index contributed by atoms with van der Waals surface area (Å²) in [5.41, 5.74) is 0. The summed E-state index contributed by atoms with van der Waals surface area (Å²) in [6, 6.07) is 11.9. The van der Waals surface area contributed by atoms with Crippen LogP contribution in [0.15, 0.2) is 30.3 Å². The third-order valence-corrected chi connectivity index (χ3v) is 2.73. The van der Waals surface area contributed by atoms with Gasteiger partial charge in [-0.2, -0.15) is 0 Å². The van der Waals surface area contributed by atoms with E-state index in [-0.39, 0.29) is 10.8 Å². The number of hydrogen-bond donors (Lipinski definition) is 0. The molecular formula is C14H5F3. The fraction of sp³-hybridized carbons (Fsp3) is 0. The minimum Gasteiger partial charge on any atom is -0.206 e. The Labute approximate surface area is 95.3 Å². The van der Waals surface area contributed by atoms with Crippen molar-refractivity contribution in [2.75, 3.05) is 0 Å². The summed E-state index contributed by atoms with van der Waals surface area (Å²) in [5, 5.41) is 0.931. The molecule has 0 aliphatic rings. The van der Waals surface area contributed by atoms with Gasteiger partial charge in [-0.3, -0.25) is 0 Å². The van der Waals surface area contributed by atoms with Crippen molar-refractivity contribution in [1.82, 2.24) is 0 Å². The van der Waals surface area contributed by atoms with Gasteiger partial charge in [-0.25, -0.2) is 13.2 Å². The van der Waals surface area contributed by atoms with Crippen LogP contribution in [0.25, 0.3) is 21.5 Å². The van der Waals surface area contributed by atoms with Crippen LogP contribution in [-0.2, 0) is 0 Å². The summed E-state index contributed by atoms with van der Waals surface area (Å²) in [6.45, 7) is 0. The molecular weight excluding hydrogens is 225 g/mol. The standard InChI is InChI=1S/C14H5F3/c15-11-6-5-10-12(16)7-8-3-1-2-4-9(8)13(10)14(11)17/h2-5,7H. The van der Waals surface area contributed by atoms with E-state index in [4.69, 9.17) is 0 Å². The molecule has 0 N–H and O–H groups in total. The van der Waals surface area contributed by atoms with Gasteiger partial charge in [-0.05, 0) is 35.0 Å². The molecule has 0 nitrogen and oxygen atoms in total. The summed E-state index contributed by atoms with van der Waals surface area (Å²) in [7, 11) is 0. The average Bonchev–Trinajstić information content (AvgIpc) is 2.33. The van der Waals surface area contributed by atoms with Crippen molar-refractivity contribution in [3.8, 4) is 0 Å². The highest BCUT2D eigenvalue weighted by atomic mass is 19.2. The fourth-order valence-electron chi connectivity index (χ4n) is 1.96. The zero-order valence-corrected chi connectivity index (χ0v) is 8.52. The molecule has 0 atom stereocenters. The molecule has 0 unspecified atom stereocenters. The normalized spacial score (nSPS) is 11.2. The van der Waals surface area contributed by atoms with Crippen molar-refractivity contribution >= 4 is 21.5 Å². The summed E-state index contributed by atoms with van der Waals surface area (Å²) >= 11 is 0. The van der Waals surface area contributed by atoms with Crippen LogP contribution in [0.5, 0.6) is 0 Å². The second-order valence-electron chi connectivity index (χ2n) is 3.71. The van der Waals surface area contributed by atoms with Crippen LogP contribution in [0.3, 0.4) is 0 Å². The predicted octanol–water partition coefficient (Wildman–Crippen LogP) is 4.01.